The van der Waals surface area contributed by atoms with Gasteiger partial charge in [0.15, 0.2) is 0 Å². The van der Waals surface area contributed by atoms with E-state index < -0.39 is 5.97 Å². The molecule has 0 unspecified atom stereocenters. The molecule has 0 fully saturated rings. The van der Waals surface area contributed by atoms with Crippen molar-refractivity contribution in [1.29, 1.82) is 0 Å². The van der Waals surface area contributed by atoms with Gasteiger partial charge in [0.1, 0.15) is 11.5 Å². The first-order chi connectivity index (χ1) is 18.1. The summed E-state index contributed by atoms with van der Waals surface area (Å²) in [6.07, 6.45) is 0.426. The van der Waals surface area contributed by atoms with Crippen LogP contribution in [0.4, 0.5) is 15.8 Å². The summed E-state index contributed by atoms with van der Waals surface area (Å²) in [5, 5.41) is 7.73. The van der Waals surface area contributed by atoms with Crippen molar-refractivity contribution in [2.75, 3.05) is 24.3 Å². The minimum absolute atomic E-state index is 0.0563. The van der Waals surface area contributed by atoms with E-state index in [1.807, 2.05) is 69.2 Å². The van der Waals surface area contributed by atoms with E-state index in [0.717, 1.165) is 16.8 Å². The van der Waals surface area contributed by atoms with Gasteiger partial charge in [0, 0.05) is 44.4 Å². The van der Waals surface area contributed by atoms with Crippen molar-refractivity contribution in [2.45, 2.75) is 27.2 Å². The second-order valence-corrected chi connectivity index (χ2v) is 9.68. The van der Waals surface area contributed by atoms with Gasteiger partial charge in [-0.1, -0.05) is 38.1 Å². The monoisotopic (exact) mass is 514 g/mol. The molecule has 0 atom stereocenters. The molecule has 0 radical (unpaired) electrons. The number of anilines is 2. The zero-order chi connectivity index (χ0) is 27.4. The van der Waals surface area contributed by atoms with Crippen LogP contribution in [0.3, 0.4) is 0 Å². The first-order valence-corrected chi connectivity index (χ1v) is 12.4. The van der Waals surface area contributed by atoms with Gasteiger partial charge in [-0.15, -0.1) is 0 Å². The topological polar surface area (TPSA) is 76.5 Å². The molecule has 0 saturated carbocycles. The van der Waals surface area contributed by atoms with Crippen LogP contribution in [0.25, 0.3) is 28.1 Å². The van der Waals surface area contributed by atoms with Crippen molar-refractivity contribution in [1.82, 2.24) is 9.78 Å². The second-order valence-electron chi connectivity index (χ2n) is 9.68. The summed E-state index contributed by atoms with van der Waals surface area (Å²) in [6, 6.07) is 21.0. The zero-order valence-corrected chi connectivity index (χ0v) is 22.2. The molecule has 1 N–H and O–H groups in total. The van der Waals surface area contributed by atoms with Gasteiger partial charge in [0.2, 0.25) is 11.8 Å². The first-order valence-electron chi connectivity index (χ1n) is 12.4. The number of amides is 1. The maximum absolute atomic E-state index is 13.7. The Morgan fingerprint density at radius 1 is 0.947 bits per heavy atom. The lowest BCUT2D eigenvalue weighted by molar-refractivity contribution is -0.132. The average Bonchev–Trinajstić information content (AvgIpc) is 3.23. The standard InChI is InChI=1S/C30H31FN4O3/c1-19(2)18-27(37)32-24-12-6-21(7-13-24)28-29(22-8-14-25(15-9-22)34(4)5)33-35(30(28)38-20(3)36)26-16-10-23(31)11-17-26/h6-17,19H,18H2,1-5H3,(H,32,37). The maximum Gasteiger partial charge on any atom is 0.309 e. The number of aromatic nitrogens is 2. The molecule has 38 heavy (non-hydrogen) atoms. The predicted octanol–water partition coefficient (Wildman–Crippen LogP) is 6.32. The van der Waals surface area contributed by atoms with E-state index >= 15 is 0 Å². The van der Waals surface area contributed by atoms with Gasteiger partial charge >= 0.3 is 5.97 Å². The summed E-state index contributed by atoms with van der Waals surface area (Å²) >= 11 is 0. The lowest BCUT2D eigenvalue weighted by Crippen LogP contribution is -2.13. The summed E-state index contributed by atoms with van der Waals surface area (Å²) in [5.41, 5.74) is 4.97. The van der Waals surface area contributed by atoms with E-state index in [2.05, 4.69) is 5.32 Å². The molecule has 3 aromatic carbocycles. The fourth-order valence-corrected chi connectivity index (χ4v) is 4.07. The van der Waals surface area contributed by atoms with Crippen LogP contribution in [0.15, 0.2) is 72.8 Å². The Labute approximate surface area is 221 Å². The highest BCUT2D eigenvalue weighted by Gasteiger charge is 2.25. The third-order valence-electron chi connectivity index (χ3n) is 5.86. The molecule has 0 spiro atoms. The van der Waals surface area contributed by atoms with Crippen LogP contribution in [0.5, 0.6) is 5.88 Å². The average molecular weight is 515 g/mol. The Balaban J connectivity index is 1.86. The van der Waals surface area contributed by atoms with Crippen molar-refractivity contribution < 1.29 is 18.7 Å². The Bertz CT molecular complexity index is 1420. The van der Waals surface area contributed by atoms with Gasteiger partial charge in [-0.2, -0.15) is 9.78 Å². The third kappa shape index (κ3) is 6.08. The number of hydrogen-bond donors (Lipinski definition) is 1. The molecule has 0 aliphatic rings. The quantitative estimate of drug-likeness (QED) is 0.279. The fraction of sp³-hybridized carbons (Fsp3) is 0.233. The molecule has 8 heteroatoms. The Kier molecular flexibility index (Phi) is 7.90. The van der Waals surface area contributed by atoms with Crippen molar-refractivity contribution in [3.63, 3.8) is 0 Å². The van der Waals surface area contributed by atoms with Crippen molar-refractivity contribution >= 4 is 23.3 Å². The van der Waals surface area contributed by atoms with E-state index in [4.69, 9.17) is 9.84 Å². The van der Waals surface area contributed by atoms with Gasteiger partial charge in [-0.05, 0) is 60.0 Å². The van der Waals surface area contributed by atoms with Crippen LogP contribution in [-0.4, -0.2) is 35.8 Å². The molecular formula is C30H31FN4O3. The van der Waals surface area contributed by atoms with Crippen LogP contribution in [-0.2, 0) is 9.59 Å². The molecule has 0 bridgehead atoms. The highest BCUT2D eigenvalue weighted by molar-refractivity contribution is 5.92. The molecule has 4 rings (SSSR count). The molecule has 1 heterocycles. The number of halogens is 1. The fourth-order valence-electron chi connectivity index (χ4n) is 4.07. The number of nitrogens with one attached hydrogen (secondary N) is 1. The van der Waals surface area contributed by atoms with Crippen LogP contribution in [0.1, 0.15) is 27.2 Å². The SMILES string of the molecule is CC(=O)Oc1c(-c2ccc(NC(=O)CC(C)C)cc2)c(-c2ccc(N(C)C)cc2)nn1-c1ccc(F)cc1. The lowest BCUT2D eigenvalue weighted by Gasteiger charge is -2.13. The number of carbonyl (C=O) groups excluding carboxylic acids is 2. The summed E-state index contributed by atoms with van der Waals surface area (Å²) in [7, 11) is 3.92. The van der Waals surface area contributed by atoms with Gasteiger partial charge < -0.3 is 15.0 Å². The van der Waals surface area contributed by atoms with Crippen LogP contribution >= 0.6 is 0 Å². The maximum atomic E-state index is 13.7. The first kappa shape index (κ1) is 26.6. The minimum atomic E-state index is -0.512. The number of esters is 1. The van der Waals surface area contributed by atoms with Crippen LogP contribution in [0, 0.1) is 11.7 Å². The van der Waals surface area contributed by atoms with E-state index in [9.17, 15) is 14.0 Å². The smallest absolute Gasteiger partial charge is 0.309 e. The molecule has 0 aliphatic heterocycles. The molecule has 1 amide bonds. The molecule has 1 aromatic heterocycles. The van der Waals surface area contributed by atoms with Crippen molar-refractivity contribution in [3.05, 3.63) is 78.6 Å². The number of nitrogens with zero attached hydrogens (tertiary/aromatic N) is 3. The Morgan fingerprint density at radius 3 is 2.11 bits per heavy atom. The van der Waals surface area contributed by atoms with E-state index in [1.54, 1.807) is 24.3 Å². The van der Waals surface area contributed by atoms with Gasteiger partial charge in [0.25, 0.3) is 0 Å². The minimum Gasteiger partial charge on any atom is -0.407 e. The highest BCUT2D eigenvalue weighted by atomic mass is 19.1. The molecule has 0 saturated heterocycles. The zero-order valence-electron chi connectivity index (χ0n) is 22.2. The van der Waals surface area contributed by atoms with Crippen LogP contribution in [0.2, 0.25) is 0 Å². The predicted molar refractivity (Wildman–Crippen MR) is 148 cm³/mol. The molecule has 196 valence electrons. The number of carbonyl (C=O) groups is 2. The normalized spacial score (nSPS) is 10.9. The number of benzene rings is 3. The summed E-state index contributed by atoms with van der Waals surface area (Å²) in [4.78, 5) is 26.4. The van der Waals surface area contributed by atoms with Gasteiger partial charge in [0.05, 0.1) is 11.3 Å². The van der Waals surface area contributed by atoms with Gasteiger partial charge in [-0.3, -0.25) is 9.59 Å². The van der Waals surface area contributed by atoms with E-state index in [1.165, 1.54) is 23.7 Å². The summed E-state index contributed by atoms with van der Waals surface area (Å²) in [6.45, 7) is 5.31. The van der Waals surface area contributed by atoms with Crippen molar-refractivity contribution in [2.24, 2.45) is 5.92 Å². The van der Waals surface area contributed by atoms with Gasteiger partial charge in [-0.25, -0.2) is 4.39 Å². The largest absolute Gasteiger partial charge is 0.407 e. The molecular weight excluding hydrogens is 483 g/mol. The molecule has 4 aromatic rings. The number of hydrogen-bond acceptors (Lipinski definition) is 5. The second kappa shape index (κ2) is 11.3. The number of ether oxygens (including phenoxy) is 1. The van der Waals surface area contributed by atoms with E-state index in [0.29, 0.717) is 29.1 Å². The molecule has 7 nitrogen and oxygen atoms in total. The Morgan fingerprint density at radius 2 is 1.55 bits per heavy atom. The summed E-state index contributed by atoms with van der Waals surface area (Å²) < 4.78 is 20.9. The van der Waals surface area contributed by atoms with E-state index in [-0.39, 0.29) is 23.5 Å². The van der Waals surface area contributed by atoms with Crippen LogP contribution < -0.4 is 15.0 Å². The number of rotatable bonds is 8. The lowest BCUT2D eigenvalue weighted by atomic mass is 10.0. The third-order valence-corrected chi connectivity index (χ3v) is 5.86. The van der Waals surface area contributed by atoms with Crippen molar-refractivity contribution in [3.8, 4) is 34.0 Å². The Hall–Kier alpha value is -4.46. The summed E-state index contributed by atoms with van der Waals surface area (Å²) in [5.74, 6) is -0.489. The highest BCUT2D eigenvalue weighted by Crippen LogP contribution is 2.41. The molecule has 0 aliphatic carbocycles.